The van der Waals surface area contributed by atoms with Gasteiger partial charge in [0, 0.05) is 19.8 Å². The average Bonchev–Trinajstić information content (AvgIpc) is 2.28. The van der Waals surface area contributed by atoms with E-state index in [9.17, 15) is 0 Å². The summed E-state index contributed by atoms with van der Waals surface area (Å²) >= 11 is 0. The minimum atomic E-state index is 0.234. The predicted octanol–water partition coefficient (Wildman–Crippen LogP) is 2.33. The van der Waals surface area contributed by atoms with Crippen molar-refractivity contribution in [2.24, 2.45) is 0 Å². The summed E-state index contributed by atoms with van der Waals surface area (Å²) in [7, 11) is 1.71. The zero-order valence-corrected chi connectivity index (χ0v) is 11.0. The zero-order valence-electron chi connectivity index (χ0n) is 11.0. The van der Waals surface area contributed by atoms with E-state index < -0.39 is 0 Å². The summed E-state index contributed by atoms with van der Waals surface area (Å²) in [6, 6.07) is 0.311. The van der Waals surface area contributed by atoms with Gasteiger partial charge in [-0.15, -0.1) is 0 Å². The molecule has 0 aromatic rings. The molecule has 0 aliphatic heterocycles. The quantitative estimate of drug-likeness (QED) is 0.507. The van der Waals surface area contributed by atoms with Crippen LogP contribution in [0, 0.1) is 0 Å². The lowest BCUT2D eigenvalue weighted by Crippen LogP contribution is -2.34. The molecule has 0 bridgehead atoms. The van der Waals surface area contributed by atoms with Crippen molar-refractivity contribution in [2.45, 2.75) is 57.9 Å². The van der Waals surface area contributed by atoms with E-state index in [2.05, 4.69) is 12.2 Å². The average molecular weight is 231 g/mol. The van der Waals surface area contributed by atoms with Crippen LogP contribution in [0.3, 0.4) is 0 Å². The minimum Gasteiger partial charge on any atom is -0.396 e. The molecule has 98 valence electrons. The van der Waals surface area contributed by atoms with Gasteiger partial charge in [-0.25, -0.2) is 0 Å². The van der Waals surface area contributed by atoms with Gasteiger partial charge in [0.25, 0.3) is 0 Å². The Morgan fingerprint density at radius 1 is 1.12 bits per heavy atom. The lowest BCUT2D eigenvalue weighted by Gasteiger charge is -2.16. The van der Waals surface area contributed by atoms with Crippen molar-refractivity contribution in [1.29, 1.82) is 0 Å². The van der Waals surface area contributed by atoms with Gasteiger partial charge in [-0.3, -0.25) is 0 Å². The summed E-state index contributed by atoms with van der Waals surface area (Å²) in [6.07, 6.45) is 8.72. The van der Waals surface area contributed by atoms with Crippen LogP contribution >= 0.6 is 0 Å². The Morgan fingerprint density at radius 2 is 1.81 bits per heavy atom. The zero-order chi connectivity index (χ0) is 12.1. The molecule has 0 radical (unpaired) electrons. The van der Waals surface area contributed by atoms with E-state index in [-0.39, 0.29) is 6.61 Å². The second kappa shape index (κ2) is 12.9. The molecule has 0 fully saturated rings. The van der Waals surface area contributed by atoms with E-state index in [1.165, 1.54) is 38.5 Å². The molecule has 2 N–H and O–H groups in total. The fourth-order valence-electron chi connectivity index (χ4n) is 1.81. The summed E-state index contributed by atoms with van der Waals surface area (Å²) in [4.78, 5) is 0. The Bertz CT molecular complexity index is 125. The van der Waals surface area contributed by atoms with E-state index in [0.717, 1.165) is 13.0 Å². The predicted molar refractivity (Wildman–Crippen MR) is 68.7 cm³/mol. The molecule has 0 aliphatic carbocycles. The highest BCUT2D eigenvalue weighted by molar-refractivity contribution is 4.65. The van der Waals surface area contributed by atoms with Crippen LogP contribution in [0.25, 0.3) is 0 Å². The number of unbranched alkanes of at least 4 members (excludes halogenated alkanes) is 5. The van der Waals surface area contributed by atoms with Crippen LogP contribution in [0.15, 0.2) is 0 Å². The van der Waals surface area contributed by atoms with Crippen LogP contribution < -0.4 is 5.32 Å². The van der Waals surface area contributed by atoms with Crippen LogP contribution in [0.5, 0.6) is 0 Å². The van der Waals surface area contributed by atoms with Crippen molar-refractivity contribution < 1.29 is 9.84 Å². The number of hydrogen-bond acceptors (Lipinski definition) is 3. The van der Waals surface area contributed by atoms with Gasteiger partial charge in [0.2, 0.25) is 0 Å². The van der Waals surface area contributed by atoms with E-state index in [1.807, 2.05) is 0 Å². The summed E-state index contributed by atoms with van der Waals surface area (Å²) in [6.45, 7) is 4.21. The molecule has 16 heavy (non-hydrogen) atoms. The third-order valence-electron chi connectivity index (χ3n) is 2.81. The third-order valence-corrected chi connectivity index (χ3v) is 2.81. The van der Waals surface area contributed by atoms with Gasteiger partial charge in [-0.2, -0.15) is 0 Å². The number of ether oxygens (including phenoxy) is 1. The van der Waals surface area contributed by atoms with E-state index in [1.54, 1.807) is 7.11 Å². The second-order valence-corrected chi connectivity index (χ2v) is 4.39. The molecule has 0 aliphatic rings. The Kier molecular flexibility index (Phi) is 12.9. The molecule has 0 aromatic carbocycles. The lowest BCUT2D eigenvalue weighted by molar-refractivity contribution is 0.148. The molecule has 3 heteroatoms. The molecule has 0 saturated heterocycles. The number of methoxy groups -OCH3 is 1. The number of aliphatic hydroxyl groups excluding tert-OH is 1. The maximum Gasteiger partial charge on any atom is 0.0616 e. The molecule has 0 amide bonds. The van der Waals surface area contributed by atoms with Crippen LogP contribution in [0.1, 0.15) is 51.9 Å². The molecule has 0 saturated carbocycles. The molecule has 1 unspecified atom stereocenters. The van der Waals surface area contributed by atoms with Gasteiger partial charge in [-0.05, 0) is 19.4 Å². The highest BCUT2D eigenvalue weighted by Gasteiger charge is 2.05. The lowest BCUT2D eigenvalue weighted by atomic mass is 10.1. The Balaban J connectivity index is 3.25. The van der Waals surface area contributed by atoms with Crippen molar-refractivity contribution in [2.75, 3.05) is 26.9 Å². The van der Waals surface area contributed by atoms with E-state index in [0.29, 0.717) is 12.6 Å². The molecule has 3 nitrogen and oxygen atoms in total. The van der Waals surface area contributed by atoms with Crippen molar-refractivity contribution in [3.05, 3.63) is 0 Å². The molecular weight excluding hydrogens is 202 g/mol. The normalized spacial score (nSPS) is 12.9. The number of nitrogens with one attached hydrogen (secondary N) is 1. The third kappa shape index (κ3) is 10.4. The topological polar surface area (TPSA) is 41.5 Å². The Morgan fingerprint density at radius 3 is 2.44 bits per heavy atom. The number of rotatable bonds is 12. The fourth-order valence-corrected chi connectivity index (χ4v) is 1.81. The van der Waals surface area contributed by atoms with E-state index >= 15 is 0 Å². The van der Waals surface area contributed by atoms with E-state index in [4.69, 9.17) is 9.84 Å². The monoisotopic (exact) mass is 231 g/mol. The van der Waals surface area contributed by atoms with Gasteiger partial charge in [0.15, 0.2) is 0 Å². The van der Waals surface area contributed by atoms with Gasteiger partial charge in [0.05, 0.1) is 6.61 Å². The van der Waals surface area contributed by atoms with Crippen molar-refractivity contribution >= 4 is 0 Å². The summed E-state index contributed by atoms with van der Waals surface area (Å²) in [5.74, 6) is 0. The summed E-state index contributed by atoms with van der Waals surface area (Å²) in [5.41, 5.74) is 0. The largest absolute Gasteiger partial charge is 0.396 e. The Hall–Kier alpha value is -0.120. The van der Waals surface area contributed by atoms with Crippen molar-refractivity contribution in [3.63, 3.8) is 0 Å². The first kappa shape index (κ1) is 15.9. The first-order valence-corrected chi connectivity index (χ1v) is 6.68. The van der Waals surface area contributed by atoms with Gasteiger partial charge in [0.1, 0.15) is 0 Å². The van der Waals surface area contributed by atoms with Gasteiger partial charge >= 0.3 is 0 Å². The van der Waals surface area contributed by atoms with Crippen LogP contribution in [0.4, 0.5) is 0 Å². The maximum atomic E-state index is 8.87. The molecule has 0 spiro atoms. The fraction of sp³-hybridized carbons (Fsp3) is 1.00. The van der Waals surface area contributed by atoms with Gasteiger partial charge in [-0.1, -0.05) is 39.0 Å². The molecular formula is C13H29NO2. The molecule has 0 heterocycles. The highest BCUT2D eigenvalue weighted by Crippen LogP contribution is 2.04. The molecule has 0 aromatic heterocycles. The summed E-state index contributed by atoms with van der Waals surface area (Å²) in [5, 5.41) is 12.3. The van der Waals surface area contributed by atoms with Crippen molar-refractivity contribution in [3.8, 4) is 0 Å². The smallest absolute Gasteiger partial charge is 0.0616 e. The second-order valence-electron chi connectivity index (χ2n) is 4.39. The maximum absolute atomic E-state index is 8.87. The Labute approximate surface area is 101 Å². The van der Waals surface area contributed by atoms with Crippen molar-refractivity contribution in [1.82, 2.24) is 5.32 Å². The minimum absolute atomic E-state index is 0.234. The van der Waals surface area contributed by atoms with Gasteiger partial charge < -0.3 is 15.2 Å². The first-order chi connectivity index (χ1) is 7.85. The van der Waals surface area contributed by atoms with Crippen LogP contribution in [-0.2, 0) is 4.74 Å². The molecule has 1 atom stereocenters. The first-order valence-electron chi connectivity index (χ1n) is 6.68. The summed E-state index contributed by atoms with van der Waals surface area (Å²) < 4.78 is 5.09. The highest BCUT2D eigenvalue weighted by atomic mass is 16.5. The number of hydrogen-bond donors (Lipinski definition) is 2. The van der Waals surface area contributed by atoms with Crippen LogP contribution in [0.2, 0.25) is 0 Å². The standard InChI is InChI=1S/C13H29NO2/c1-3-4-5-6-7-8-10-14-13(9-11-15)12-16-2/h13-15H,3-12H2,1-2H3. The SMILES string of the molecule is CCCCCCCCNC(CCO)COC. The van der Waals surface area contributed by atoms with Crippen LogP contribution in [-0.4, -0.2) is 38.0 Å². The molecule has 0 rings (SSSR count). The number of aliphatic hydroxyl groups is 1.